The number of hydrogen-bond donors (Lipinski definition) is 2. The molecule has 2 N–H and O–H groups in total. The molecule has 2 atom stereocenters. The largest absolute Gasteiger partial charge is 0.326 e. The number of piperidine rings is 1. The average molecular weight is 547 g/mol. The van der Waals surface area contributed by atoms with Gasteiger partial charge in [-0.25, -0.2) is 9.37 Å². The molecule has 1 fully saturated rings. The number of pyridine rings is 1. The Labute approximate surface area is 230 Å². The van der Waals surface area contributed by atoms with Crippen molar-refractivity contribution in [2.45, 2.75) is 51.0 Å². The number of fused-ring (bicyclic) bond motifs is 3. The molecule has 2 aliphatic heterocycles. The Kier molecular flexibility index (Phi) is 5.99. The van der Waals surface area contributed by atoms with Gasteiger partial charge in [-0.2, -0.15) is 0 Å². The van der Waals surface area contributed by atoms with Crippen LogP contribution in [-0.2, 0) is 32.6 Å². The summed E-state index contributed by atoms with van der Waals surface area (Å²) in [5.74, 6) is -0.510. The van der Waals surface area contributed by atoms with E-state index in [0.29, 0.717) is 42.8 Å². The van der Waals surface area contributed by atoms with Crippen molar-refractivity contribution >= 4 is 40.8 Å². The highest BCUT2D eigenvalue weighted by molar-refractivity contribution is 6.30. The van der Waals surface area contributed by atoms with Gasteiger partial charge in [-0.3, -0.25) is 14.4 Å². The number of anilines is 2. The van der Waals surface area contributed by atoms with Gasteiger partial charge in [0.25, 0.3) is 0 Å². The number of hydrogen-bond acceptors (Lipinski definition) is 4. The standard InChI is InChI=1S/C30H28ClFN4O3/c1-29(2)10-9-24(17-6-8-22(31)23(32)13-17)36(28(29)39)16-25(37)34-20-7-5-18-14-30(15-19(18)12-20)21-4-3-11-33-26(21)35-27(30)38/h3-8,11-13,24H,9-10,14-16H2,1-2H3,(H,34,37)(H,33,35,38)/t24-,30+/m0/s1. The van der Waals surface area contributed by atoms with E-state index in [1.165, 1.54) is 17.0 Å². The molecule has 1 saturated heterocycles. The highest BCUT2D eigenvalue weighted by Crippen LogP contribution is 2.47. The summed E-state index contributed by atoms with van der Waals surface area (Å²) in [7, 11) is 0. The van der Waals surface area contributed by atoms with Crippen molar-refractivity contribution < 1.29 is 18.8 Å². The lowest BCUT2D eigenvalue weighted by Crippen LogP contribution is -2.50. The number of likely N-dealkylation sites (tertiary alicyclic amines) is 1. The summed E-state index contributed by atoms with van der Waals surface area (Å²) in [5, 5.41) is 5.84. The second kappa shape index (κ2) is 9.16. The van der Waals surface area contributed by atoms with Gasteiger partial charge in [-0.1, -0.05) is 43.6 Å². The van der Waals surface area contributed by atoms with E-state index < -0.39 is 22.7 Å². The Morgan fingerprint density at radius 1 is 1.15 bits per heavy atom. The predicted molar refractivity (Wildman–Crippen MR) is 146 cm³/mol. The molecule has 2 aromatic carbocycles. The van der Waals surface area contributed by atoms with E-state index in [2.05, 4.69) is 15.6 Å². The van der Waals surface area contributed by atoms with Crippen LogP contribution in [-0.4, -0.2) is 34.2 Å². The van der Waals surface area contributed by atoms with Gasteiger partial charge in [0, 0.05) is 22.9 Å². The zero-order valence-corrected chi connectivity index (χ0v) is 22.4. The smallest absolute Gasteiger partial charge is 0.244 e. The highest BCUT2D eigenvalue weighted by Gasteiger charge is 2.51. The van der Waals surface area contributed by atoms with Crippen molar-refractivity contribution in [1.29, 1.82) is 0 Å². The van der Waals surface area contributed by atoms with Crippen molar-refractivity contribution in [2.24, 2.45) is 5.41 Å². The first-order chi connectivity index (χ1) is 18.6. The summed E-state index contributed by atoms with van der Waals surface area (Å²) in [6, 6.07) is 13.5. The summed E-state index contributed by atoms with van der Waals surface area (Å²) in [6.07, 6.45) is 3.97. The quantitative estimate of drug-likeness (QED) is 0.471. The van der Waals surface area contributed by atoms with Crippen molar-refractivity contribution in [3.05, 3.63) is 87.8 Å². The molecule has 3 aromatic rings. The Morgan fingerprint density at radius 3 is 2.74 bits per heavy atom. The number of halogens is 2. The molecule has 1 aromatic heterocycles. The van der Waals surface area contributed by atoms with Gasteiger partial charge in [0.1, 0.15) is 18.2 Å². The van der Waals surface area contributed by atoms with Gasteiger partial charge >= 0.3 is 0 Å². The van der Waals surface area contributed by atoms with Gasteiger partial charge in [-0.15, -0.1) is 0 Å². The molecule has 200 valence electrons. The molecule has 9 heteroatoms. The SMILES string of the molecule is CC1(C)CC[C@@H](c2ccc(Cl)c(F)c2)N(CC(=O)Nc2ccc3c(c2)C[C@@]2(C3)C(=O)Nc3ncccc32)C1=O. The Morgan fingerprint density at radius 2 is 1.95 bits per heavy atom. The van der Waals surface area contributed by atoms with Crippen LogP contribution in [0.2, 0.25) is 5.02 Å². The lowest BCUT2D eigenvalue weighted by Gasteiger charge is -2.43. The third-order valence-corrected chi connectivity index (χ3v) is 8.67. The van der Waals surface area contributed by atoms with E-state index in [9.17, 15) is 18.8 Å². The van der Waals surface area contributed by atoms with Crippen LogP contribution >= 0.6 is 11.6 Å². The van der Waals surface area contributed by atoms with Gasteiger partial charge in [0.15, 0.2) is 0 Å². The lowest BCUT2D eigenvalue weighted by atomic mass is 9.78. The maximum atomic E-state index is 14.2. The number of nitrogens with zero attached hydrogens (tertiary/aromatic N) is 2. The summed E-state index contributed by atoms with van der Waals surface area (Å²) in [6.45, 7) is 3.56. The third kappa shape index (κ3) is 4.27. The fourth-order valence-electron chi connectivity index (χ4n) is 6.24. The van der Waals surface area contributed by atoms with Crippen molar-refractivity contribution in [3.63, 3.8) is 0 Å². The topological polar surface area (TPSA) is 91.4 Å². The molecule has 0 radical (unpaired) electrons. The molecule has 3 heterocycles. The fraction of sp³-hybridized carbons (Fsp3) is 0.333. The minimum atomic E-state index is -0.693. The molecule has 6 rings (SSSR count). The molecular weight excluding hydrogens is 519 g/mol. The van der Waals surface area contributed by atoms with Gasteiger partial charge < -0.3 is 15.5 Å². The number of aromatic nitrogens is 1. The zero-order chi connectivity index (χ0) is 27.5. The minimum absolute atomic E-state index is 0.0127. The van der Waals surface area contributed by atoms with Crippen LogP contribution in [0.5, 0.6) is 0 Å². The molecule has 0 unspecified atom stereocenters. The Balaban J connectivity index is 1.21. The van der Waals surface area contributed by atoms with E-state index in [1.54, 1.807) is 12.3 Å². The summed E-state index contributed by atoms with van der Waals surface area (Å²) >= 11 is 5.87. The molecule has 0 bridgehead atoms. The van der Waals surface area contributed by atoms with Crippen LogP contribution in [0.1, 0.15) is 55.0 Å². The normalized spacial score (nSPS) is 23.0. The summed E-state index contributed by atoms with van der Waals surface area (Å²) in [4.78, 5) is 45.4. The monoisotopic (exact) mass is 546 g/mol. The van der Waals surface area contributed by atoms with Crippen LogP contribution in [0.25, 0.3) is 0 Å². The van der Waals surface area contributed by atoms with E-state index in [-0.39, 0.29) is 29.3 Å². The number of amides is 3. The maximum absolute atomic E-state index is 14.2. The van der Waals surface area contributed by atoms with Crippen molar-refractivity contribution in [3.8, 4) is 0 Å². The van der Waals surface area contributed by atoms with Crippen LogP contribution in [0.15, 0.2) is 54.7 Å². The van der Waals surface area contributed by atoms with Gasteiger partial charge in [0.05, 0.1) is 16.5 Å². The van der Waals surface area contributed by atoms with Crippen LogP contribution in [0, 0.1) is 11.2 Å². The van der Waals surface area contributed by atoms with E-state index in [4.69, 9.17) is 11.6 Å². The van der Waals surface area contributed by atoms with E-state index >= 15 is 0 Å². The van der Waals surface area contributed by atoms with Crippen LogP contribution < -0.4 is 10.6 Å². The molecule has 3 amide bonds. The third-order valence-electron chi connectivity index (χ3n) is 8.37. The molecular formula is C30H28ClFN4O3. The second-order valence-electron chi connectivity index (χ2n) is 11.4. The highest BCUT2D eigenvalue weighted by atomic mass is 35.5. The van der Waals surface area contributed by atoms with E-state index in [0.717, 1.165) is 16.7 Å². The molecule has 3 aliphatic rings. The summed E-state index contributed by atoms with van der Waals surface area (Å²) < 4.78 is 14.2. The van der Waals surface area contributed by atoms with Crippen LogP contribution in [0.3, 0.4) is 0 Å². The van der Waals surface area contributed by atoms with Gasteiger partial charge in [0.2, 0.25) is 17.7 Å². The van der Waals surface area contributed by atoms with Crippen LogP contribution in [0.4, 0.5) is 15.9 Å². The molecule has 1 aliphatic carbocycles. The first kappa shape index (κ1) is 25.5. The molecule has 0 saturated carbocycles. The van der Waals surface area contributed by atoms with Crippen molar-refractivity contribution in [1.82, 2.24) is 9.88 Å². The summed E-state index contributed by atoms with van der Waals surface area (Å²) in [5.41, 5.74) is 2.83. The number of benzene rings is 2. The number of carbonyl (C=O) groups excluding carboxylic acids is 3. The maximum Gasteiger partial charge on any atom is 0.244 e. The Bertz CT molecular complexity index is 1540. The predicted octanol–water partition coefficient (Wildman–Crippen LogP) is 5.19. The fourth-order valence-corrected chi connectivity index (χ4v) is 6.36. The zero-order valence-electron chi connectivity index (χ0n) is 21.7. The Hall–Kier alpha value is -3.78. The molecule has 1 spiro atoms. The van der Waals surface area contributed by atoms with Gasteiger partial charge in [-0.05, 0) is 72.7 Å². The second-order valence-corrected chi connectivity index (χ2v) is 11.8. The molecule has 7 nitrogen and oxygen atoms in total. The average Bonchev–Trinajstić information content (AvgIpc) is 3.41. The number of carbonyl (C=O) groups is 3. The van der Waals surface area contributed by atoms with E-state index in [1.807, 2.05) is 44.2 Å². The van der Waals surface area contributed by atoms with Crippen molar-refractivity contribution in [2.75, 3.05) is 17.2 Å². The minimum Gasteiger partial charge on any atom is -0.326 e. The lowest BCUT2D eigenvalue weighted by molar-refractivity contribution is -0.150. The number of nitrogens with one attached hydrogen (secondary N) is 2. The molecule has 39 heavy (non-hydrogen) atoms. The number of rotatable bonds is 4. The first-order valence-corrected chi connectivity index (χ1v) is 13.4. The first-order valence-electron chi connectivity index (χ1n) is 13.0.